The van der Waals surface area contributed by atoms with E-state index in [1.807, 2.05) is 12.1 Å². The van der Waals surface area contributed by atoms with Crippen molar-refractivity contribution in [3.8, 4) is 17.5 Å². The molecule has 0 N–H and O–H groups in total. The molecule has 1 heterocycles. The van der Waals surface area contributed by atoms with Crippen molar-refractivity contribution in [2.45, 2.75) is 51.6 Å². The fourth-order valence-corrected chi connectivity index (χ4v) is 2.91. The van der Waals surface area contributed by atoms with Crippen LogP contribution < -0.4 is 9.47 Å². The molecule has 1 fully saturated rings. The van der Waals surface area contributed by atoms with Gasteiger partial charge < -0.3 is 9.47 Å². The van der Waals surface area contributed by atoms with Gasteiger partial charge in [0.1, 0.15) is 18.2 Å². The number of nitro groups is 1. The van der Waals surface area contributed by atoms with Crippen LogP contribution in [0, 0.1) is 10.1 Å². The number of hydrogen-bond donors (Lipinski definition) is 0. The number of aryl methyl sites for hydroxylation is 1. The van der Waals surface area contributed by atoms with Crippen LogP contribution >= 0.6 is 0 Å². The fraction of sp³-hybridized carbons (Fsp3) is 0.444. The Hall–Kier alpha value is -2.70. The van der Waals surface area contributed by atoms with E-state index in [0.29, 0.717) is 5.75 Å². The van der Waals surface area contributed by atoms with Crippen molar-refractivity contribution < 1.29 is 14.4 Å². The molecule has 0 bridgehead atoms. The Balaban J connectivity index is 1.84. The Labute approximate surface area is 146 Å². The van der Waals surface area contributed by atoms with E-state index in [9.17, 15) is 10.1 Å². The van der Waals surface area contributed by atoms with Crippen molar-refractivity contribution in [3.05, 3.63) is 46.3 Å². The van der Waals surface area contributed by atoms with Gasteiger partial charge in [0.15, 0.2) is 0 Å². The number of benzene rings is 1. The zero-order valence-corrected chi connectivity index (χ0v) is 14.2. The first-order chi connectivity index (χ1) is 12.2. The number of ether oxygens (including phenoxy) is 2. The van der Waals surface area contributed by atoms with Gasteiger partial charge >= 0.3 is 17.4 Å². The summed E-state index contributed by atoms with van der Waals surface area (Å²) in [6.07, 6.45) is 7.18. The molecule has 3 rings (SSSR count). The van der Waals surface area contributed by atoms with E-state index < -0.39 is 4.92 Å². The lowest BCUT2D eigenvalue weighted by Crippen LogP contribution is -2.21. The molecule has 0 radical (unpaired) electrons. The van der Waals surface area contributed by atoms with Crippen LogP contribution in [0.2, 0.25) is 0 Å². The van der Waals surface area contributed by atoms with E-state index >= 15 is 0 Å². The summed E-state index contributed by atoms with van der Waals surface area (Å²) in [5.41, 5.74) is 0.832. The third kappa shape index (κ3) is 4.23. The normalized spacial score (nSPS) is 14.9. The molecule has 1 aliphatic carbocycles. The molecule has 0 aliphatic heterocycles. The molecular formula is C18H21N3O4. The van der Waals surface area contributed by atoms with Gasteiger partial charge in [0.05, 0.1) is 4.92 Å². The number of hydrogen-bond acceptors (Lipinski definition) is 6. The average molecular weight is 343 g/mol. The van der Waals surface area contributed by atoms with Gasteiger partial charge in [-0.05, 0) is 49.8 Å². The Morgan fingerprint density at radius 3 is 2.44 bits per heavy atom. The lowest BCUT2D eigenvalue weighted by Gasteiger charge is -2.22. The highest BCUT2D eigenvalue weighted by atomic mass is 16.6. The standard InChI is InChI=1S/C18H21N3O4/c1-2-13-8-10-15(11-9-13)25-18-16(21(22)23)17(19-12-20-18)24-14-6-4-3-5-7-14/h8-12,14H,2-7H2,1H3. The minimum absolute atomic E-state index is 0.0212. The highest BCUT2D eigenvalue weighted by Gasteiger charge is 2.29. The molecule has 1 aromatic carbocycles. The highest BCUT2D eigenvalue weighted by molar-refractivity contribution is 5.50. The van der Waals surface area contributed by atoms with Gasteiger partial charge in [-0.1, -0.05) is 25.5 Å². The second-order valence-corrected chi connectivity index (χ2v) is 6.07. The summed E-state index contributed by atoms with van der Waals surface area (Å²) in [7, 11) is 0. The van der Waals surface area contributed by atoms with Crippen molar-refractivity contribution in [1.29, 1.82) is 0 Å². The zero-order valence-electron chi connectivity index (χ0n) is 14.2. The van der Waals surface area contributed by atoms with Crippen LogP contribution in [0.3, 0.4) is 0 Å². The third-order valence-electron chi connectivity index (χ3n) is 4.31. The van der Waals surface area contributed by atoms with E-state index in [1.54, 1.807) is 12.1 Å². The van der Waals surface area contributed by atoms with Crippen LogP contribution in [0.15, 0.2) is 30.6 Å². The van der Waals surface area contributed by atoms with Crippen molar-refractivity contribution in [2.75, 3.05) is 0 Å². The molecule has 0 spiro atoms. The average Bonchev–Trinajstić information content (AvgIpc) is 2.63. The maximum atomic E-state index is 11.5. The van der Waals surface area contributed by atoms with Crippen LogP contribution in [0.25, 0.3) is 0 Å². The second kappa shape index (κ2) is 7.92. The van der Waals surface area contributed by atoms with Gasteiger partial charge in [0.2, 0.25) is 0 Å². The minimum Gasteiger partial charge on any atom is -0.469 e. The van der Waals surface area contributed by atoms with Gasteiger partial charge in [0.25, 0.3) is 0 Å². The second-order valence-electron chi connectivity index (χ2n) is 6.07. The smallest absolute Gasteiger partial charge is 0.392 e. The van der Waals surface area contributed by atoms with Gasteiger partial charge in [-0.15, -0.1) is 0 Å². The molecule has 132 valence electrons. The predicted octanol–water partition coefficient (Wildman–Crippen LogP) is 4.45. The summed E-state index contributed by atoms with van der Waals surface area (Å²) in [5.74, 6) is 0.366. The Morgan fingerprint density at radius 2 is 1.80 bits per heavy atom. The predicted molar refractivity (Wildman–Crippen MR) is 92.1 cm³/mol. The molecule has 7 heteroatoms. The van der Waals surface area contributed by atoms with Crippen molar-refractivity contribution in [1.82, 2.24) is 9.97 Å². The lowest BCUT2D eigenvalue weighted by molar-refractivity contribution is -0.387. The first-order valence-corrected chi connectivity index (χ1v) is 8.60. The molecule has 0 atom stereocenters. The van der Waals surface area contributed by atoms with Gasteiger partial charge in [0, 0.05) is 0 Å². The Kier molecular flexibility index (Phi) is 5.42. The first-order valence-electron chi connectivity index (χ1n) is 8.60. The van der Waals surface area contributed by atoms with Gasteiger partial charge in [-0.25, -0.2) is 0 Å². The van der Waals surface area contributed by atoms with Crippen molar-refractivity contribution in [2.24, 2.45) is 0 Å². The van der Waals surface area contributed by atoms with E-state index in [0.717, 1.165) is 37.7 Å². The molecule has 25 heavy (non-hydrogen) atoms. The summed E-state index contributed by atoms with van der Waals surface area (Å²) in [6, 6.07) is 7.38. The summed E-state index contributed by atoms with van der Waals surface area (Å²) < 4.78 is 11.4. The van der Waals surface area contributed by atoms with E-state index in [4.69, 9.17) is 9.47 Å². The fourth-order valence-electron chi connectivity index (χ4n) is 2.91. The monoisotopic (exact) mass is 343 g/mol. The highest BCUT2D eigenvalue weighted by Crippen LogP contribution is 2.37. The first kappa shape index (κ1) is 17.1. The summed E-state index contributed by atoms with van der Waals surface area (Å²) in [4.78, 5) is 18.9. The maximum absolute atomic E-state index is 11.5. The van der Waals surface area contributed by atoms with Crippen LogP contribution in [-0.4, -0.2) is 21.0 Å². The zero-order chi connectivity index (χ0) is 17.6. The molecule has 0 amide bonds. The topological polar surface area (TPSA) is 87.4 Å². The van der Waals surface area contributed by atoms with E-state index in [-0.39, 0.29) is 23.6 Å². The maximum Gasteiger partial charge on any atom is 0.392 e. The molecular weight excluding hydrogens is 322 g/mol. The summed E-state index contributed by atoms with van der Waals surface area (Å²) in [5, 5.41) is 11.5. The molecule has 0 unspecified atom stereocenters. The van der Waals surface area contributed by atoms with Crippen LogP contribution in [0.4, 0.5) is 5.69 Å². The largest absolute Gasteiger partial charge is 0.469 e. The van der Waals surface area contributed by atoms with Gasteiger partial charge in [-0.3, -0.25) is 10.1 Å². The molecule has 1 saturated carbocycles. The Bertz CT molecular complexity index is 728. The van der Waals surface area contributed by atoms with Crippen molar-refractivity contribution >= 4 is 5.69 Å². The molecule has 2 aromatic rings. The van der Waals surface area contributed by atoms with Gasteiger partial charge in [-0.2, -0.15) is 9.97 Å². The Morgan fingerprint density at radius 1 is 1.12 bits per heavy atom. The molecule has 1 aromatic heterocycles. The van der Waals surface area contributed by atoms with E-state index in [2.05, 4.69) is 16.9 Å². The van der Waals surface area contributed by atoms with Crippen LogP contribution in [-0.2, 0) is 6.42 Å². The summed E-state index contributed by atoms with van der Waals surface area (Å²) in [6.45, 7) is 2.06. The number of rotatable bonds is 6. The van der Waals surface area contributed by atoms with Crippen LogP contribution in [0.5, 0.6) is 17.5 Å². The number of aromatic nitrogens is 2. The number of nitrogens with zero attached hydrogens (tertiary/aromatic N) is 3. The molecule has 7 nitrogen and oxygen atoms in total. The van der Waals surface area contributed by atoms with Crippen LogP contribution in [0.1, 0.15) is 44.6 Å². The van der Waals surface area contributed by atoms with Crippen molar-refractivity contribution in [3.63, 3.8) is 0 Å². The minimum atomic E-state index is -0.548. The molecule has 0 saturated heterocycles. The summed E-state index contributed by atoms with van der Waals surface area (Å²) >= 11 is 0. The lowest BCUT2D eigenvalue weighted by atomic mass is 9.98. The molecule has 1 aliphatic rings. The van der Waals surface area contributed by atoms with E-state index in [1.165, 1.54) is 12.7 Å². The third-order valence-corrected chi connectivity index (χ3v) is 4.31. The SMILES string of the molecule is CCc1ccc(Oc2ncnc(OC3CCCCC3)c2[N+](=O)[O-])cc1. The quantitative estimate of drug-likeness (QED) is 0.569.